The zero-order valence-corrected chi connectivity index (χ0v) is 15.5. The van der Waals surface area contributed by atoms with E-state index in [-0.39, 0.29) is 12.6 Å². The monoisotopic (exact) mass is 401 g/mol. The van der Waals surface area contributed by atoms with Crippen LogP contribution in [0.1, 0.15) is 28.0 Å². The van der Waals surface area contributed by atoms with Gasteiger partial charge in [0.15, 0.2) is 11.4 Å². The third-order valence-corrected chi connectivity index (χ3v) is 5.43. The number of rotatable bonds is 5. The van der Waals surface area contributed by atoms with Gasteiger partial charge in [-0.25, -0.2) is 9.78 Å². The normalized spacial score (nSPS) is 16.3. The number of alkyl halides is 3. The van der Waals surface area contributed by atoms with Gasteiger partial charge in [0.1, 0.15) is 0 Å². The minimum absolute atomic E-state index is 0.0805. The number of aryl methyl sites for hydroxylation is 1. The Labute approximate surface area is 157 Å². The van der Waals surface area contributed by atoms with E-state index in [1.165, 1.54) is 23.0 Å². The number of halogens is 3. The summed E-state index contributed by atoms with van der Waals surface area (Å²) in [4.78, 5) is 20.4. The van der Waals surface area contributed by atoms with Gasteiger partial charge in [-0.3, -0.25) is 4.90 Å². The van der Waals surface area contributed by atoms with Crippen molar-refractivity contribution >= 4 is 22.5 Å². The van der Waals surface area contributed by atoms with Gasteiger partial charge in [-0.15, -0.1) is 0 Å². The minimum atomic E-state index is -4.42. The number of benzene rings is 1. The summed E-state index contributed by atoms with van der Waals surface area (Å²) in [6, 6.07) is 4.61. The van der Waals surface area contributed by atoms with Crippen molar-refractivity contribution in [3.05, 3.63) is 46.0 Å². The Morgan fingerprint density at radius 2 is 2.11 bits per heavy atom. The molecule has 1 aromatic carbocycles. The lowest BCUT2D eigenvalue weighted by molar-refractivity contribution is -0.137. The second-order valence-electron chi connectivity index (χ2n) is 6.09. The Balaban J connectivity index is 1.74. The van der Waals surface area contributed by atoms with Crippen LogP contribution in [0.25, 0.3) is 0 Å². The SMILES string of the molecule is COC(O)c1sc(N2CCN(Cc3cccc(C(F)(F)F)c3)C2=O)nc1C. The van der Waals surface area contributed by atoms with Gasteiger partial charge in [0.05, 0.1) is 16.1 Å². The first-order valence-electron chi connectivity index (χ1n) is 8.11. The smallest absolute Gasteiger partial charge is 0.364 e. The molecule has 146 valence electrons. The fraction of sp³-hybridized carbons (Fsp3) is 0.412. The molecule has 27 heavy (non-hydrogen) atoms. The number of nitrogens with zero attached hydrogens (tertiary/aromatic N) is 3. The molecule has 1 aliphatic heterocycles. The predicted octanol–water partition coefficient (Wildman–Crippen LogP) is 3.55. The quantitative estimate of drug-likeness (QED) is 0.779. The van der Waals surface area contributed by atoms with Crippen molar-refractivity contribution in [1.82, 2.24) is 9.88 Å². The maximum absolute atomic E-state index is 12.8. The zero-order chi connectivity index (χ0) is 19.8. The standard InChI is InChI=1S/C17H18F3N3O3S/c1-10-13(14(24)26-2)27-15(21-10)23-7-6-22(16(23)25)9-11-4-3-5-12(8-11)17(18,19)20/h3-5,8,14,24H,6-7,9H2,1-2H3. The molecule has 0 bridgehead atoms. The van der Waals surface area contributed by atoms with E-state index in [1.54, 1.807) is 13.0 Å². The highest BCUT2D eigenvalue weighted by Crippen LogP contribution is 2.33. The highest BCUT2D eigenvalue weighted by Gasteiger charge is 2.34. The number of aliphatic hydroxyl groups excluding tert-OH is 1. The summed E-state index contributed by atoms with van der Waals surface area (Å²) >= 11 is 1.15. The Kier molecular flexibility index (Phi) is 5.41. The fourth-order valence-corrected chi connectivity index (χ4v) is 3.87. The molecule has 0 saturated carbocycles. The van der Waals surface area contributed by atoms with E-state index in [1.807, 2.05) is 0 Å². The molecule has 1 N–H and O–H groups in total. The van der Waals surface area contributed by atoms with E-state index in [9.17, 15) is 23.1 Å². The Morgan fingerprint density at radius 3 is 2.78 bits per heavy atom. The van der Waals surface area contributed by atoms with Crippen molar-refractivity contribution in [3.8, 4) is 0 Å². The van der Waals surface area contributed by atoms with Crippen LogP contribution in [-0.4, -0.2) is 41.2 Å². The average Bonchev–Trinajstić information content (AvgIpc) is 3.17. The first-order valence-corrected chi connectivity index (χ1v) is 8.93. The van der Waals surface area contributed by atoms with Gasteiger partial charge in [-0.1, -0.05) is 23.5 Å². The summed E-state index contributed by atoms with van der Waals surface area (Å²) in [5, 5.41) is 10.2. The number of carbonyl (C=O) groups is 1. The van der Waals surface area contributed by atoms with E-state index in [4.69, 9.17) is 4.74 Å². The molecule has 0 aliphatic carbocycles. The summed E-state index contributed by atoms with van der Waals surface area (Å²) in [5.74, 6) is 0. The van der Waals surface area contributed by atoms with Crippen molar-refractivity contribution in [2.24, 2.45) is 0 Å². The van der Waals surface area contributed by atoms with E-state index >= 15 is 0 Å². The van der Waals surface area contributed by atoms with Crippen LogP contribution in [0.15, 0.2) is 24.3 Å². The number of carbonyl (C=O) groups excluding carboxylic acids is 1. The van der Waals surface area contributed by atoms with Crippen LogP contribution in [0.5, 0.6) is 0 Å². The maximum Gasteiger partial charge on any atom is 0.416 e. The Hall–Kier alpha value is -2.17. The van der Waals surface area contributed by atoms with Crippen LogP contribution < -0.4 is 4.90 Å². The molecule has 3 rings (SSSR count). The van der Waals surface area contributed by atoms with Gasteiger partial charge in [-0.2, -0.15) is 13.2 Å². The number of amides is 2. The van der Waals surface area contributed by atoms with E-state index in [0.29, 0.717) is 34.4 Å². The maximum atomic E-state index is 12.8. The van der Waals surface area contributed by atoms with E-state index in [2.05, 4.69) is 4.98 Å². The first-order chi connectivity index (χ1) is 12.7. The molecule has 1 unspecified atom stereocenters. The molecular weight excluding hydrogens is 383 g/mol. The lowest BCUT2D eigenvalue weighted by atomic mass is 10.1. The molecular formula is C17H18F3N3O3S. The van der Waals surface area contributed by atoms with Crippen molar-refractivity contribution in [2.75, 3.05) is 25.1 Å². The van der Waals surface area contributed by atoms with Crippen LogP contribution in [0.2, 0.25) is 0 Å². The van der Waals surface area contributed by atoms with Crippen molar-refractivity contribution in [1.29, 1.82) is 0 Å². The lowest BCUT2D eigenvalue weighted by Crippen LogP contribution is -2.31. The molecule has 1 aliphatic rings. The van der Waals surface area contributed by atoms with Crippen molar-refractivity contribution < 1.29 is 27.8 Å². The predicted molar refractivity (Wildman–Crippen MR) is 93.4 cm³/mol. The Bertz CT molecular complexity index is 840. The zero-order valence-electron chi connectivity index (χ0n) is 14.7. The van der Waals surface area contributed by atoms with Crippen LogP contribution in [0.3, 0.4) is 0 Å². The number of aromatic nitrogens is 1. The molecule has 0 spiro atoms. The van der Waals surface area contributed by atoms with Crippen molar-refractivity contribution in [3.63, 3.8) is 0 Å². The molecule has 1 saturated heterocycles. The van der Waals surface area contributed by atoms with Gasteiger partial charge in [0, 0.05) is 26.7 Å². The molecule has 2 aromatic rings. The van der Waals surface area contributed by atoms with Crippen molar-refractivity contribution in [2.45, 2.75) is 25.9 Å². The highest BCUT2D eigenvalue weighted by atomic mass is 32.1. The van der Waals surface area contributed by atoms with E-state index in [0.717, 1.165) is 23.5 Å². The average molecular weight is 401 g/mol. The third kappa shape index (κ3) is 4.07. The lowest BCUT2D eigenvalue weighted by Gasteiger charge is -2.17. The number of methoxy groups -OCH3 is 1. The van der Waals surface area contributed by atoms with Gasteiger partial charge in [0.25, 0.3) is 0 Å². The molecule has 1 atom stereocenters. The van der Waals surface area contributed by atoms with Crippen LogP contribution in [0, 0.1) is 6.92 Å². The third-order valence-electron chi connectivity index (χ3n) is 4.22. The van der Waals surface area contributed by atoms with Crippen LogP contribution in [-0.2, 0) is 17.5 Å². The topological polar surface area (TPSA) is 65.9 Å². The number of hydrogen-bond donors (Lipinski definition) is 1. The summed E-state index contributed by atoms with van der Waals surface area (Å²) in [7, 11) is 1.36. The molecule has 1 aromatic heterocycles. The molecule has 0 radical (unpaired) electrons. The largest absolute Gasteiger partial charge is 0.416 e. The molecule has 2 heterocycles. The number of ether oxygens (including phenoxy) is 1. The molecule has 1 fully saturated rings. The summed E-state index contributed by atoms with van der Waals surface area (Å²) in [6.45, 7) is 2.53. The number of thiazole rings is 1. The van der Waals surface area contributed by atoms with Crippen LogP contribution >= 0.6 is 11.3 Å². The Morgan fingerprint density at radius 1 is 1.37 bits per heavy atom. The van der Waals surface area contributed by atoms with E-state index < -0.39 is 18.0 Å². The van der Waals surface area contributed by atoms with Gasteiger partial charge >= 0.3 is 12.2 Å². The van der Waals surface area contributed by atoms with Gasteiger partial charge in [0.2, 0.25) is 0 Å². The van der Waals surface area contributed by atoms with Gasteiger partial charge < -0.3 is 14.7 Å². The number of aliphatic hydroxyl groups is 1. The fourth-order valence-electron chi connectivity index (χ4n) is 2.82. The number of anilines is 1. The minimum Gasteiger partial charge on any atom is -0.364 e. The number of hydrogen-bond acceptors (Lipinski definition) is 5. The summed E-state index contributed by atoms with van der Waals surface area (Å²) in [6.07, 6.45) is -5.54. The highest BCUT2D eigenvalue weighted by molar-refractivity contribution is 7.16. The number of urea groups is 1. The second-order valence-corrected chi connectivity index (χ2v) is 7.10. The molecule has 10 heteroatoms. The first kappa shape index (κ1) is 19.6. The van der Waals surface area contributed by atoms with Crippen LogP contribution in [0.4, 0.5) is 23.1 Å². The summed E-state index contributed by atoms with van der Waals surface area (Å²) < 4.78 is 43.4. The second kappa shape index (κ2) is 7.45. The summed E-state index contributed by atoms with van der Waals surface area (Å²) in [5.41, 5.74) is 0.233. The molecule has 6 nitrogen and oxygen atoms in total. The molecule has 2 amide bonds. The van der Waals surface area contributed by atoms with Gasteiger partial charge in [-0.05, 0) is 24.6 Å².